The third kappa shape index (κ3) is 5.69. The molecule has 8 nitrogen and oxygen atoms in total. The first kappa shape index (κ1) is 26.1. The van der Waals surface area contributed by atoms with Crippen LogP contribution in [0.3, 0.4) is 0 Å². The van der Waals surface area contributed by atoms with Crippen molar-refractivity contribution < 1.29 is 33.7 Å². The first-order valence-corrected chi connectivity index (χ1v) is 12.4. The van der Waals surface area contributed by atoms with Crippen LogP contribution in [0.15, 0.2) is 24.3 Å². The third-order valence-electron chi connectivity index (χ3n) is 6.83. The van der Waals surface area contributed by atoms with Gasteiger partial charge in [-0.3, -0.25) is 9.59 Å². The Balaban J connectivity index is 1.59. The predicted molar refractivity (Wildman–Crippen MR) is 131 cm³/mol. The number of methoxy groups -OCH3 is 1. The predicted octanol–water partition coefficient (Wildman–Crippen LogP) is 1.91. The zero-order valence-corrected chi connectivity index (χ0v) is 20.4. The largest absolute Gasteiger partial charge is 0.496 e. The molecule has 36 heavy (non-hydrogen) atoms. The molecule has 4 rings (SSSR count). The van der Waals surface area contributed by atoms with Crippen molar-refractivity contribution >= 4 is 11.8 Å². The van der Waals surface area contributed by atoms with Crippen molar-refractivity contribution in [3.05, 3.63) is 63.5 Å². The molecule has 2 aromatic carbocycles. The lowest BCUT2D eigenvalue weighted by atomic mass is 9.92. The lowest BCUT2D eigenvalue weighted by Gasteiger charge is -2.29. The fourth-order valence-corrected chi connectivity index (χ4v) is 4.98. The number of aliphatic hydroxyl groups is 2. The maximum Gasteiger partial charge on any atom is 0.255 e. The molecule has 2 atom stereocenters. The average molecular weight is 501 g/mol. The fraction of sp³-hybridized carbons (Fsp3) is 0.481. The molecule has 0 saturated carbocycles. The highest BCUT2D eigenvalue weighted by Gasteiger charge is 2.30. The Kier molecular flexibility index (Phi) is 8.56. The molecule has 1 heterocycles. The van der Waals surface area contributed by atoms with Crippen molar-refractivity contribution in [3.8, 4) is 5.75 Å². The molecule has 1 aliphatic heterocycles. The number of amides is 2. The Labute approximate surface area is 209 Å². The molecule has 2 aromatic rings. The van der Waals surface area contributed by atoms with Crippen LogP contribution in [-0.2, 0) is 24.0 Å². The van der Waals surface area contributed by atoms with Gasteiger partial charge in [-0.1, -0.05) is 6.07 Å². The van der Waals surface area contributed by atoms with E-state index in [4.69, 9.17) is 14.6 Å². The van der Waals surface area contributed by atoms with Gasteiger partial charge >= 0.3 is 0 Å². The Morgan fingerprint density at radius 3 is 2.69 bits per heavy atom. The van der Waals surface area contributed by atoms with E-state index in [0.717, 1.165) is 36.0 Å². The van der Waals surface area contributed by atoms with Crippen molar-refractivity contribution in [2.75, 3.05) is 33.5 Å². The summed E-state index contributed by atoms with van der Waals surface area (Å²) >= 11 is 0. The van der Waals surface area contributed by atoms with Gasteiger partial charge in [0.1, 0.15) is 11.6 Å². The second-order valence-electron chi connectivity index (χ2n) is 9.26. The summed E-state index contributed by atoms with van der Waals surface area (Å²) in [6, 6.07) is 5.93. The van der Waals surface area contributed by atoms with Crippen molar-refractivity contribution in [2.45, 2.75) is 50.7 Å². The average Bonchev–Trinajstić information content (AvgIpc) is 3.36. The van der Waals surface area contributed by atoms with E-state index < -0.39 is 23.9 Å². The number of nitrogens with one attached hydrogen (secondary N) is 2. The number of rotatable bonds is 9. The first-order chi connectivity index (χ1) is 17.4. The Bertz CT molecular complexity index is 1120. The number of hydrogen-bond donors (Lipinski definition) is 4. The highest BCUT2D eigenvalue weighted by Crippen LogP contribution is 2.37. The molecule has 2 aliphatic rings. The summed E-state index contributed by atoms with van der Waals surface area (Å²) in [5.41, 5.74) is 4.05. The van der Waals surface area contributed by atoms with E-state index in [0.29, 0.717) is 42.7 Å². The summed E-state index contributed by atoms with van der Waals surface area (Å²) in [7, 11) is 1.55. The smallest absolute Gasteiger partial charge is 0.255 e. The minimum atomic E-state index is -0.773. The van der Waals surface area contributed by atoms with Crippen molar-refractivity contribution in [1.29, 1.82) is 0 Å². The Morgan fingerprint density at radius 1 is 1.17 bits per heavy atom. The summed E-state index contributed by atoms with van der Waals surface area (Å²) in [4.78, 5) is 25.5. The number of halogens is 1. The number of aliphatic hydroxyl groups excluding tert-OH is 2. The second kappa shape index (κ2) is 11.8. The SMILES string of the molecule is COc1c(C(=O)N[C@H]2CCOC[C@@H]2O)cc(Cc2ccc(C(=O)NCCCO)c(F)c2)c2c1CCC2. The molecule has 194 valence electrons. The number of carbonyl (C=O) groups excluding carboxylic acids is 2. The van der Waals surface area contributed by atoms with E-state index in [2.05, 4.69) is 10.6 Å². The number of ether oxygens (including phenoxy) is 2. The molecule has 1 fully saturated rings. The molecule has 1 saturated heterocycles. The van der Waals surface area contributed by atoms with Gasteiger partial charge in [-0.05, 0) is 79.0 Å². The molecule has 9 heteroatoms. The van der Waals surface area contributed by atoms with Crippen molar-refractivity contribution in [2.24, 2.45) is 0 Å². The maximum atomic E-state index is 14.8. The van der Waals surface area contributed by atoms with Crippen LogP contribution in [0.5, 0.6) is 5.75 Å². The lowest BCUT2D eigenvalue weighted by molar-refractivity contribution is -0.0261. The highest BCUT2D eigenvalue weighted by atomic mass is 19.1. The summed E-state index contributed by atoms with van der Waals surface area (Å²) in [5.74, 6) is -0.918. The minimum Gasteiger partial charge on any atom is -0.496 e. The van der Waals surface area contributed by atoms with Gasteiger partial charge in [0.15, 0.2) is 0 Å². The topological polar surface area (TPSA) is 117 Å². The zero-order valence-electron chi connectivity index (χ0n) is 20.4. The Hall–Kier alpha value is -3.01. The van der Waals surface area contributed by atoms with Crippen LogP contribution in [0.1, 0.15) is 62.2 Å². The van der Waals surface area contributed by atoms with Crippen LogP contribution in [0, 0.1) is 5.82 Å². The molecule has 0 aromatic heterocycles. The highest BCUT2D eigenvalue weighted by molar-refractivity contribution is 5.98. The van der Waals surface area contributed by atoms with Gasteiger partial charge in [-0.2, -0.15) is 0 Å². The van der Waals surface area contributed by atoms with Gasteiger partial charge in [0.25, 0.3) is 11.8 Å². The van der Waals surface area contributed by atoms with E-state index in [-0.39, 0.29) is 31.2 Å². The molecule has 0 bridgehead atoms. The first-order valence-electron chi connectivity index (χ1n) is 12.4. The summed E-state index contributed by atoms with van der Waals surface area (Å²) in [6.45, 7) is 0.863. The monoisotopic (exact) mass is 500 g/mol. The molecule has 2 amide bonds. The van der Waals surface area contributed by atoms with Crippen LogP contribution in [0.2, 0.25) is 0 Å². The van der Waals surface area contributed by atoms with Gasteiger partial charge in [-0.25, -0.2) is 4.39 Å². The van der Waals surface area contributed by atoms with E-state index in [1.165, 1.54) is 12.1 Å². The zero-order chi connectivity index (χ0) is 25.7. The number of carbonyl (C=O) groups is 2. The fourth-order valence-electron chi connectivity index (χ4n) is 4.98. The summed E-state index contributed by atoms with van der Waals surface area (Å²) in [6.07, 6.45) is 3.11. The summed E-state index contributed by atoms with van der Waals surface area (Å²) < 4.78 is 25.7. The quantitative estimate of drug-likeness (QED) is 0.391. The second-order valence-corrected chi connectivity index (χ2v) is 9.26. The minimum absolute atomic E-state index is 0.0493. The van der Waals surface area contributed by atoms with Gasteiger partial charge in [0.05, 0.1) is 37.0 Å². The number of benzene rings is 2. The normalized spacial score (nSPS) is 19.0. The lowest BCUT2D eigenvalue weighted by Crippen LogP contribution is -2.48. The Morgan fingerprint density at radius 2 is 1.97 bits per heavy atom. The maximum absolute atomic E-state index is 14.8. The third-order valence-corrected chi connectivity index (χ3v) is 6.83. The number of fused-ring (bicyclic) bond motifs is 1. The van der Waals surface area contributed by atoms with E-state index >= 15 is 0 Å². The van der Waals surface area contributed by atoms with Crippen LogP contribution >= 0.6 is 0 Å². The van der Waals surface area contributed by atoms with Gasteiger partial charge in [0.2, 0.25) is 0 Å². The van der Waals surface area contributed by atoms with Crippen LogP contribution in [-0.4, -0.2) is 67.6 Å². The van der Waals surface area contributed by atoms with Gasteiger partial charge < -0.3 is 30.3 Å². The van der Waals surface area contributed by atoms with Crippen LogP contribution in [0.4, 0.5) is 4.39 Å². The van der Waals surface area contributed by atoms with Gasteiger partial charge in [-0.15, -0.1) is 0 Å². The molecule has 0 spiro atoms. The van der Waals surface area contributed by atoms with Crippen LogP contribution < -0.4 is 15.4 Å². The molecule has 0 unspecified atom stereocenters. The molecular formula is C27H33FN2O6. The van der Waals surface area contributed by atoms with Gasteiger partial charge in [0, 0.05) is 19.8 Å². The van der Waals surface area contributed by atoms with E-state index in [9.17, 15) is 19.1 Å². The van der Waals surface area contributed by atoms with Crippen LogP contribution in [0.25, 0.3) is 0 Å². The van der Waals surface area contributed by atoms with Crippen molar-refractivity contribution in [1.82, 2.24) is 10.6 Å². The van der Waals surface area contributed by atoms with E-state index in [1.807, 2.05) is 0 Å². The molecule has 1 aliphatic carbocycles. The standard InChI is InChI=1S/C27H33FN2O6/c1-35-25-19-5-2-4-18(19)17(14-21(25)27(34)30-23-8-11-36-15-24(23)32)12-16-6-7-20(22(28)13-16)26(33)29-9-3-10-31/h6-7,13-14,23-24,31-32H,2-5,8-12,15H2,1H3,(H,29,33)(H,30,34)/t23-,24-/m0/s1. The summed E-state index contributed by atoms with van der Waals surface area (Å²) in [5, 5.41) is 24.6. The number of hydrogen-bond acceptors (Lipinski definition) is 6. The molecular weight excluding hydrogens is 467 g/mol. The van der Waals surface area contributed by atoms with E-state index in [1.54, 1.807) is 19.2 Å². The molecule has 4 N–H and O–H groups in total. The molecule has 0 radical (unpaired) electrons. The van der Waals surface area contributed by atoms with Crippen molar-refractivity contribution in [3.63, 3.8) is 0 Å².